The largest absolute Gasteiger partial charge is 0.497 e. The lowest BCUT2D eigenvalue weighted by Crippen LogP contribution is -2.19. The van der Waals surface area contributed by atoms with Crippen LogP contribution in [-0.2, 0) is 6.54 Å². The van der Waals surface area contributed by atoms with Gasteiger partial charge in [-0.3, -0.25) is 0 Å². The first-order valence-corrected chi connectivity index (χ1v) is 6.28. The second-order valence-corrected chi connectivity index (χ2v) is 4.97. The minimum atomic E-state index is 0.576. The van der Waals surface area contributed by atoms with Gasteiger partial charge in [0.05, 0.1) is 7.11 Å². The highest BCUT2D eigenvalue weighted by Gasteiger charge is 2.31. The quantitative estimate of drug-likeness (QED) is 0.822. The maximum Gasteiger partial charge on any atom is 0.119 e. The first-order valence-electron chi connectivity index (χ1n) is 6.28. The number of hydrogen-bond donors (Lipinski definition) is 1. The molecular weight excluding hydrogens is 198 g/mol. The molecule has 0 radical (unpaired) electrons. The zero-order chi connectivity index (χ0) is 11.0. The lowest BCUT2D eigenvalue weighted by Gasteiger charge is -2.19. The lowest BCUT2D eigenvalue weighted by molar-refractivity contribution is 0.386. The normalized spacial score (nSPS) is 24.7. The van der Waals surface area contributed by atoms with Gasteiger partial charge in [-0.05, 0) is 42.0 Å². The molecule has 0 amide bonds. The molecular formula is C14H19NO. The number of ether oxygens (including phenoxy) is 1. The Morgan fingerprint density at radius 1 is 1.25 bits per heavy atom. The summed E-state index contributed by atoms with van der Waals surface area (Å²) < 4.78 is 5.32. The van der Waals surface area contributed by atoms with Crippen molar-refractivity contribution in [3.8, 4) is 5.75 Å². The van der Waals surface area contributed by atoms with E-state index in [9.17, 15) is 0 Å². The van der Waals surface area contributed by atoms with Gasteiger partial charge < -0.3 is 10.1 Å². The van der Waals surface area contributed by atoms with Crippen LogP contribution in [0.1, 0.15) is 42.9 Å². The number of hydrogen-bond acceptors (Lipinski definition) is 2. The van der Waals surface area contributed by atoms with E-state index in [2.05, 4.69) is 23.5 Å². The lowest BCUT2D eigenvalue weighted by atomic mass is 9.92. The van der Waals surface area contributed by atoms with Gasteiger partial charge in [0.15, 0.2) is 0 Å². The Kier molecular flexibility index (Phi) is 2.60. The van der Waals surface area contributed by atoms with Gasteiger partial charge in [0.2, 0.25) is 0 Å². The van der Waals surface area contributed by atoms with Crippen LogP contribution < -0.4 is 10.1 Å². The van der Waals surface area contributed by atoms with Gasteiger partial charge in [0.1, 0.15) is 5.75 Å². The monoisotopic (exact) mass is 217 g/mol. The van der Waals surface area contributed by atoms with Crippen LogP contribution >= 0.6 is 0 Å². The molecule has 1 aliphatic carbocycles. The van der Waals surface area contributed by atoms with Gasteiger partial charge in [-0.25, -0.2) is 0 Å². The molecule has 2 aliphatic rings. The summed E-state index contributed by atoms with van der Waals surface area (Å²) in [5, 5.41) is 3.66. The molecule has 1 saturated carbocycles. The highest BCUT2D eigenvalue weighted by molar-refractivity contribution is 5.40. The Hall–Kier alpha value is -1.02. The summed E-state index contributed by atoms with van der Waals surface area (Å²) in [5.74, 6) is 1.83. The number of methoxy groups -OCH3 is 1. The summed E-state index contributed by atoms with van der Waals surface area (Å²) in [6.07, 6.45) is 5.58. The molecule has 3 rings (SSSR count). The van der Waals surface area contributed by atoms with Gasteiger partial charge in [0.25, 0.3) is 0 Å². The van der Waals surface area contributed by atoms with E-state index in [0.29, 0.717) is 6.04 Å². The summed E-state index contributed by atoms with van der Waals surface area (Å²) in [4.78, 5) is 0. The van der Waals surface area contributed by atoms with Crippen molar-refractivity contribution in [1.29, 1.82) is 0 Å². The predicted molar refractivity (Wildman–Crippen MR) is 64.5 cm³/mol. The van der Waals surface area contributed by atoms with E-state index in [0.717, 1.165) is 18.2 Å². The van der Waals surface area contributed by atoms with E-state index in [4.69, 9.17) is 4.74 Å². The van der Waals surface area contributed by atoms with Gasteiger partial charge in [0, 0.05) is 12.6 Å². The Bertz CT molecular complexity index is 382. The third-order valence-corrected chi connectivity index (χ3v) is 4.07. The van der Waals surface area contributed by atoms with Crippen molar-refractivity contribution in [2.24, 2.45) is 5.92 Å². The van der Waals surface area contributed by atoms with Crippen LogP contribution in [0.3, 0.4) is 0 Å². The molecule has 0 spiro atoms. The van der Waals surface area contributed by atoms with Crippen LogP contribution in [0, 0.1) is 5.92 Å². The predicted octanol–water partition coefficient (Wildman–Crippen LogP) is 3.03. The van der Waals surface area contributed by atoms with E-state index in [1.54, 1.807) is 7.11 Å². The minimum absolute atomic E-state index is 0.576. The smallest absolute Gasteiger partial charge is 0.119 e. The van der Waals surface area contributed by atoms with Crippen molar-refractivity contribution in [3.05, 3.63) is 29.3 Å². The molecule has 0 aromatic heterocycles. The van der Waals surface area contributed by atoms with Crippen molar-refractivity contribution in [2.45, 2.75) is 38.3 Å². The fourth-order valence-corrected chi connectivity index (χ4v) is 3.19. The van der Waals surface area contributed by atoms with Gasteiger partial charge in [-0.2, -0.15) is 0 Å². The molecule has 2 heteroatoms. The SMILES string of the molecule is COc1ccc2c(c1)C(C1CCCC1)NC2. The topological polar surface area (TPSA) is 21.3 Å². The van der Waals surface area contributed by atoms with Crippen molar-refractivity contribution >= 4 is 0 Å². The van der Waals surface area contributed by atoms with Gasteiger partial charge in [-0.1, -0.05) is 18.9 Å². The van der Waals surface area contributed by atoms with E-state index in [1.807, 2.05) is 0 Å². The van der Waals surface area contributed by atoms with Crippen molar-refractivity contribution in [1.82, 2.24) is 5.32 Å². The third kappa shape index (κ3) is 1.61. The van der Waals surface area contributed by atoms with E-state index < -0.39 is 0 Å². The minimum Gasteiger partial charge on any atom is -0.497 e. The summed E-state index contributed by atoms with van der Waals surface area (Å²) in [5.41, 5.74) is 2.93. The molecule has 1 N–H and O–H groups in total. The first kappa shape index (κ1) is 10.2. The van der Waals surface area contributed by atoms with Crippen molar-refractivity contribution < 1.29 is 4.74 Å². The number of nitrogens with one attached hydrogen (secondary N) is 1. The number of benzene rings is 1. The summed E-state index contributed by atoms with van der Waals surface area (Å²) in [6, 6.07) is 7.07. The summed E-state index contributed by atoms with van der Waals surface area (Å²) in [6.45, 7) is 1.03. The average molecular weight is 217 g/mol. The fraction of sp³-hybridized carbons (Fsp3) is 0.571. The Morgan fingerprint density at radius 2 is 2.06 bits per heavy atom. The summed E-state index contributed by atoms with van der Waals surface area (Å²) >= 11 is 0. The summed E-state index contributed by atoms with van der Waals surface area (Å²) in [7, 11) is 1.74. The number of fused-ring (bicyclic) bond motifs is 1. The zero-order valence-electron chi connectivity index (χ0n) is 9.83. The molecule has 86 valence electrons. The van der Waals surface area contributed by atoms with E-state index in [1.165, 1.54) is 36.8 Å². The van der Waals surface area contributed by atoms with Crippen molar-refractivity contribution in [3.63, 3.8) is 0 Å². The zero-order valence-corrected chi connectivity index (χ0v) is 9.83. The van der Waals surface area contributed by atoms with E-state index >= 15 is 0 Å². The molecule has 0 bridgehead atoms. The van der Waals surface area contributed by atoms with E-state index in [-0.39, 0.29) is 0 Å². The molecule has 1 heterocycles. The average Bonchev–Trinajstić information content (AvgIpc) is 2.96. The second kappa shape index (κ2) is 4.10. The molecule has 1 unspecified atom stereocenters. The molecule has 16 heavy (non-hydrogen) atoms. The molecule has 1 aliphatic heterocycles. The maximum absolute atomic E-state index is 5.32. The fourth-order valence-electron chi connectivity index (χ4n) is 3.19. The highest BCUT2D eigenvalue weighted by atomic mass is 16.5. The molecule has 1 aromatic carbocycles. The molecule has 0 saturated heterocycles. The maximum atomic E-state index is 5.32. The highest BCUT2D eigenvalue weighted by Crippen LogP contribution is 2.40. The number of rotatable bonds is 2. The Balaban J connectivity index is 1.90. The van der Waals surface area contributed by atoms with Crippen LogP contribution in [-0.4, -0.2) is 7.11 Å². The van der Waals surface area contributed by atoms with Gasteiger partial charge in [-0.15, -0.1) is 0 Å². The van der Waals surface area contributed by atoms with Crippen molar-refractivity contribution in [2.75, 3.05) is 7.11 Å². The Labute approximate surface area is 97.0 Å². The Morgan fingerprint density at radius 3 is 2.81 bits per heavy atom. The van der Waals surface area contributed by atoms with Crippen LogP contribution in [0.5, 0.6) is 5.75 Å². The molecule has 1 aromatic rings. The van der Waals surface area contributed by atoms with Crippen LogP contribution in [0.2, 0.25) is 0 Å². The standard InChI is InChI=1S/C14H19NO/c1-16-12-7-6-11-9-15-14(13(11)8-12)10-4-2-3-5-10/h6-8,10,14-15H,2-5,9H2,1H3. The molecule has 2 nitrogen and oxygen atoms in total. The van der Waals surface area contributed by atoms with Crippen LogP contribution in [0.25, 0.3) is 0 Å². The second-order valence-electron chi connectivity index (χ2n) is 4.97. The third-order valence-electron chi connectivity index (χ3n) is 4.07. The molecule has 1 fully saturated rings. The van der Waals surface area contributed by atoms with Crippen LogP contribution in [0.4, 0.5) is 0 Å². The van der Waals surface area contributed by atoms with Crippen LogP contribution in [0.15, 0.2) is 18.2 Å². The first-order chi connectivity index (χ1) is 7.88. The van der Waals surface area contributed by atoms with Gasteiger partial charge >= 0.3 is 0 Å². The molecule has 1 atom stereocenters.